The molecule has 2 amide bonds. The molecule has 0 bridgehead atoms. The molecule has 1 aromatic rings. The number of nitrogens with zero attached hydrogens (tertiary/aromatic N) is 3. The van der Waals surface area contributed by atoms with Gasteiger partial charge in [0.05, 0.1) is 17.1 Å². The van der Waals surface area contributed by atoms with Gasteiger partial charge < -0.3 is 19.3 Å². The highest BCUT2D eigenvalue weighted by Crippen LogP contribution is 2.20. The molecule has 0 aromatic heterocycles. The molecule has 0 unspecified atom stereocenters. The van der Waals surface area contributed by atoms with Gasteiger partial charge in [0.15, 0.2) is 6.61 Å². The number of sulfonamides is 1. The Morgan fingerprint density at radius 2 is 1.59 bits per heavy atom. The molecule has 0 spiro atoms. The predicted octanol–water partition coefficient (Wildman–Crippen LogP) is 1.31. The molecule has 0 atom stereocenters. The lowest BCUT2D eigenvalue weighted by Gasteiger charge is -2.33. The van der Waals surface area contributed by atoms with E-state index >= 15 is 0 Å². The SMILES string of the molecule is CCOC(=O)N1CCN(C(=O)COC(=O)c2cc(S(=O)(=O)N(CC)CC)ccc2F)CC1. The normalized spacial score (nSPS) is 14.4. The number of carbonyl (C=O) groups is 3. The van der Waals surface area contributed by atoms with Crippen molar-refractivity contribution in [2.75, 3.05) is 52.5 Å². The fraction of sp³-hybridized carbons (Fsp3) is 0.550. The van der Waals surface area contributed by atoms with Gasteiger partial charge in [-0.1, -0.05) is 13.8 Å². The molecule has 0 aliphatic carbocycles. The van der Waals surface area contributed by atoms with Gasteiger partial charge in [0.2, 0.25) is 10.0 Å². The molecule has 2 rings (SSSR count). The summed E-state index contributed by atoms with van der Waals surface area (Å²) in [4.78, 5) is 39.0. The molecule has 1 heterocycles. The summed E-state index contributed by atoms with van der Waals surface area (Å²) in [5.74, 6) is -2.60. The fourth-order valence-electron chi connectivity index (χ4n) is 3.18. The first-order valence-corrected chi connectivity index (χ1v) is 11.8. The van der Waals surface area contributed by atoms with E-state index in [1.54, 1.807) is 20.8 Å². The molecule has 1 saturated heterocycles. The van der Waals surface area contributed by atoms with Crippen molar-refractivity contribution in [2.24, 2.45) is 0 Å². The summed E-state index contributed by atoms with van der Waals surface area (Å²) < 4.78 is 50.4. The molecule has 0 N–H and O–H groups in total. The average Bonchev–Trinajstić information content (AvgIpc) is 2.78. The second-order valence-corrected chi connectivity index (χ2v) is 8.81. The molecule has 1 fully saturated rings. The molecule has 0 radical (unpaired) electrons. The summed E-state index contributed by atoms with van der Waals surface area (Å²) in [5.41, 5.74) is -0.571. The van der Waals surface area contributed by atoms with Crippen LogP contribution < -0.4 is 0 Å². The lowest BCUT2D eigenvalue weighted by Crippen LogP contribution is -2.51. The highest BCUT2D eigenvalue weighted by atomic mass is 32.2. The Morgan fingerprint density at radius 1 is 1.00 bits per heavy atom. The number of esters is 1. The molecule has 178 valence electrons. The Bertz CT molecular complexity index is 943. The Labute approximate surface area is 186 Å². The first-order valence-electron chi connectivity index (χ1n) is 10.3. The molecular weight excluding hydrogens is 445 g/mol. The second kappa shape index (κ2) is 11.2. The number of carbonyl (C=O) groups excluding carboxylic acids is 3. The van der Waals surface area contributed by atoms with Gasteiger partial charge in [-0.15, -0.1) is 0 Å². The van der Waals surface area contributed by atoms with E-state index in [0.29, 0.717) is 0 Å². The molecule has 1 aliphatic heterocycles. The van der Waals surface area contributed by atoms with E-state index in [4.69, 9.17) is 9.47 Å². The number of hydrogen-bond donors (Lipinski definition) is 0. The standard InChI is InChI=1S/C20H28FN3O7S/c1-4-24(5-2)32(28,29)15-7-8-17(21)16(13-15)19(26)31-14-18(25)22-9-11-23(12-10-22)20(27)30-6-3/h7-8,13H,4-6,9-12,14H2,1-3H3. The van der Waals surface area contributed by atoms with Gasteiger partial charge in [0.1, 0.15) is 5.82 Å². The number of rotatable bonds is 8. The van der Waals surface area contributed by atoms with Crippen LogP contribution in [0.5, 0.6) is 0 Å². The first kappa shape index (κ1) is 25.5. The molecule has 10 nitrogen and oxygen atoms in total. The summed E-state index contributed by atoms with van der Waals surface area (Å²) in [5, 5.41) is 0. The highest BCUT2D eigenvalue weighted by Gasteiger charge is 2.27. The van der Waals surface area contributed by atoms with Crippen LogP contribution >= 0.6 is 0 Å². The van der Waals surface area contributed by atoms with Gasteiger partial charge >= 0.3 is 12.1 Å². The van der Waals surface area contributed by atoms with Crippen molar-refractivity contribution < 1.29 is 36.7 Å². The van der Waals surface area contributed by atoms with Crippen molar-refractivity contribution in [1.29, 1.82) is 0 Å². The minimum Gasteiger partial charge on any atom is -0.452 e. The molecule has 1 aromatic carbocycles. The lowest BCUT2D eigenvalue weighted by molar-refractivity contribution is -0.136. The van der Waals surface area contributed by atoms with Gasteiger partial charge in [-0.25, -0.2) is 22.4 Å². The summed E-state index contributed by atoms with van der Waals surface area (Å²) in [6, 6.07) is 2.87. The van der Waals surface area contributed by atoms with E-state index in [0.717, 1.165) is 18.2 Å². The Kier molecular flexibility index (Phi) is 8.96. The number of benzene rings is 1. The van der Waals surface area contributed by atoms with E-state index in [9.17, 15) is 27.2 Å². The Hall–Kier alpha value is -2.73. The Morgan fingerprint density at radius 3 is 2.16 bits per heavy atom. The van der Waals surface area contributed by atoms with E-state index in [-0.39, 0.29) is 50.8 Å². The van der Waals surface area contributed by atoms with E-state index in [2.05, 4.69) is 0 Å². The average molecular weight is 474 g/mol. The van der Waals surface area contributed by atoms with E-state index in [1.807, 2.05) is 0 Å². The molecule has 1 aliphatic rings. The largest absolute Gasteiger partial charge is 0.452 e. The predicted molar refractivity (Wildman–Crippen MR) is 112 cm³/mol. The van der Waals surface area contributed by atoms with Crippen molar-refractivity contribution in [1.82, 2.24) is 14.1 Å². The zero-order chi connectivity index (χ0) is 23.9. The lowest BCUT2D eigenvalue weighted by atomic mass is 10.2. The van der Waals surface area contributed by atoms with Crippen LogP contribution in [0.1, 0.15) is 31.1 Å². The number of ether oxygens (including phenoxy) is 2. The summed E-state index contributed by atoms with van der Waals surface area (Å²) in [7, 11) is -3.90. The fourth-order valence-corrected chi connectivity index (χ4v) is 4.67. The highest BCUT2D eigenvalue weighted by molar-refractivity contribution is 7.89. The second-order valence-electron chi connectivity index (χ2n) is 6.87. The van der Waals surface area contributed by atoms with Crippen molar-refractivity contribution >= 4 is 28.0 Å². The third-order valence-corrected chi connectivity index (χ3v) is 7.03. The topological polar surface area (TPSA) is 114 Å². The minimum atomic E-state index is -3.90. The van der Waals surface area contributed by atoms with Crippen molar-refractivity contribution in [2.45, 2.75) is 25.7 Å². The van der Waals surface area contributed by atoms with Crippen LogP contribution in [0.2, 0.25) is 0 Å². The monoisotopic (exact) mass is 473 g/mol. The first-order chi connectivity index (χ1) is 15.1. The number of halogens is 1. The molecular formula is C20H28FN3O7S. The smallest absolute Gasteiger partial charge is 0.409 e. The summed E-state index contributed by atoms with van der Waals surface area (Å²) in [6.07, 6.45) is -0.457. The maximum absolute atomic E-state index is 14.2. The molecule has 12 heteroatoms. The van der Waals surface area contributed by atoms with Crippen LogP contribution in [0.15, 0.2) is 23.1 Å². The summed E-state index contributed by atoms with van der Waals surface area (Å²) >= 11 is 0. The third kappa shape index (κ3) is 5.94. The van der Waals surface area contributed by atoms with Crippen LogP contribution in [0, 0.1) is 5.82 Å². The van der Waals surface area contributed by atoms with Gasteiger partial charge in [-0.05, 0) is 25.1 Å². The van der Waals surface area contributed by atoms with Crippen LogP contribution in [0.3, 0.4) is 0 Å². The van der Waals surface area contributed by atoms with Gasteiger partial charge in [0.25, 0.3) is 5.91 Å². The van der Waals surface area contributed by atoms with Crippen LogP contribution in [-0.4, -0.2) is 93.0 Å². The molecule has 32 heavy (non-hydrogen) atoms. The minimum absolute atomic E-state index is 0.216. The van der Waals surface area contributed by atoms with Crippen molar-refractivity contribution in [3.05, 3.63) is 29.6 Å². The van der Waals surface area contributed by atoms with Crippen LogP contribution in [0.25, 0.3) is 0 Å². The van der Waals surface area contributed by atoms with Gasteiger partial charge in [-0.2, -0.15) is 4.31 Å². The Balaban J connectivity index is 2.00. The van der Waals surface area contributed by atoms with Gasteiger partial charge in [-0.3, -0.25) is 4.79 Å². The zero-order valence-electron chi connectivity index (χ0n) is 18.4. The van der Waals surface area contributed by atoms with Crippen molar-refractivity contribution in [3.8, 4) is 0 Å². The zero-order valence-corrected chi connectivity index (χ0v) is 19.2. The number of piperazine rings is 1. The summed E-state index contributed by atoms with van der Waals surface area (Å²) in [6.45, 7) is 6.10. The van der Waals surface area contributed by atoms with E-state index in [1.165, 1.54) is 14.1 Å². The maximum atomic E-state index is 14.2. The number of hydrogen-bond acceptors (Lipinski definition) is 7. The quantitative estimate of drug-likeness (QED) is 0.523. The van der Waals surface area contributed by atoms with E-state index < -0.39 is 46.0 Å². The number of amides is 2. The van der Waals surface area contributed by atoms with Crippen LogP contribution in [-0.2, 0) is 24.3 Å². The van der Waals surface area contributed by atoms with Crippen molar-refractivity contribution in [3.63, 3.8) is 0 Å². The van der Waals surface area contributed by atoms with Gasteiger partial charge in [0, 0.05) is 39.3 Å². The maximum Gasteiger partial charge on any atom is 0.409 e. The third-order valence-electron chi connectivity index (χ3n) is 4.99. The molecule has 0 saturated carbocycles. The van der Waals surface area contributed by atoms with Crippen LogP contribution in [0.4, 0.5) is 9.18 Å².